The average molecular weight is 339 g/mol. The molecule has 2 rings (SSSR count). The molecule has 0 spiro atoms. The molecule has 0 aromatic carbocycles. The van der Waals surface area contributed by atoms with E-state index >= 15 is 0 Å². The summed E-state index contributed by atoms with van der Waals surface area (Å²) in [4.78, 5) is 0. The fourth-order valence-electron chi connectivity index (χ4n) is 2.85. The Labute approximate surface area is 133 Å². The third-order valence-electron chi connectivity index (χ3n) is 4.34. The first-order valence-corrected chi connectivity index (χ1v) is 7.45. The lowest BCUT2D eigenvalue weighted by molar-refractivity contribution is -0.327. The maximum Gasteiger partial charge on any atom is 0.187 e. The molecular weight excluding hydrogens is 314 g/mol. The molecule has 2 saturated heterocycles. The van der Waals surface area contributed by atoms with E-state index in [2.05, 4.69) is 5.32 Å². The summed E-state index contributed by atoms with van der Waals surface area (Å²) in [6.45, 7) is -0.612. The maximum atomic E-state index is 10.3. The van der Waals surface area contributed by atoms with Crippen molar-refractivity contribution >= 4 is 0 Å². The Morgan fingerprint density at radius 1 is 1.00 bits per heavy atom. The molecule has 2 aliphatic heterocycles. The zero-order chi connectivity index (χ0) is 17.1. The van der Waals surface area contributed by atoms with Crippen LogP contribution in [-0.2, 0) is 14.2 Å². The van der Waals surface area contributed by atoms with Crippen LogP contribution in [0, 0.1) is 0 Å². The van der Waals surface area contributed by atoms with E-state index < -0.39 is 61.7 Å². The first-order valence-electron chi connectivity index (χ1n) is 7.45. The van der Waals surface area contributed by atoms with Gasteiger partial charge in [-0.15, -0.1) is 0 Å². The molecular formula is C13H25NO9. The minimum absolute atomic E-state index is 0.293. The zero-order valence-electron chi connectivity index (χ0n) is 12.7. The van der Waals surface area contributed by atoms with E-state index in [-0.39, 0.29) is 6.61 Å². The summed E-state index contributed by atoms with van der Waals surface area (Å²) >= 11 is 0. The Bertz CT molecular complexity index is 371. The number of ether oxygens (including phenoxy) is 3. The van der Waals surface area contributed by atoms with Crippen molar-refractivity contribution in [1.29, 1.82) is 0 Å². The van der Waals surface area contributed by atoms with Crippen molar-refractivity contribution < 1.29 is 44.8 Å². The van der Waals surface area contributed by atoms with Gasteiger partial charge in [0.15, 0.2) is 6.29 Å². The predicted molar refractivity (Wildman–Crippen MR) is 74.3 cm³/mol. The number of aliphatic hydroxyl groups is 6. The molecule has 0 radical (unpaired) electrons. The average Bonchev–Trinajstić information content (AvgIpc) is 2.56. The van der Waals surface area contributed by atoms with Crippen LogP contribution in [-0.4, -0.2) is 113 Å². The second-order valence-corrected chi connectivity index (χ2v) is 5.76. The molecule has 0 aromatic heterocycles. The van der Waals surface area contributed by atoms with Crippen LogP contribution in [0.5, 0.6) is 0 Å². The van der Waals surface area contributed by atoms with E-state index in [1.54, 1.807) is 0 Å². The molecule has 0 bridgehead atoms. The van der Waals surface area contributed by atoms with Crippen molar-refractivity contribution in [3.05, 3.63) is 0 Å². The standard InChI is InChI=1S/C13H25NO9/c1-21-6-2-14-5(3-15)8(17)12(6)23-13-11(20)10(19)9(18)7(4-16)22-13/h5-20H,2-4H2,1H3/t5-,6-,7-,8-,9-,10+,11-,12-,13-/m1/s1. The van der Waals surface area contributed by atoms with Gasteiger partial charge in [0, 0.05) is 13.7 Å². The van der Waals surface area contributed by atoms with Gasteiger partial charge in [-0.05, 0) is 0 Å². The van der Waals surface area contributed by atoms with Gasteiger partial charge in [0.05, 0.1) is 25.4 Å². The Morgan fingerprint density at radius 3 is 2.26 bits per heavy atom. The number of methoxy groups -OCH3 is 1. The van der Waals surface area contributed by atoms with E-state index in [9.17, 15) is 25.5 Å². The van der Waals surface area contributed by atoms with Gasteiger partial charge in [0.1, 0.15) is 36.6 Å². The molecule has 7 N–H and O–H groups in total. The smallest absolute Gasteiger partial charge is 0.187 e. The minimum atomic E-state index is -1.57. The predicted octanol–water partition coefficient (Wildman–Crippen LogP) is -4.49. The molecule has 0 aliphatic carbocycles. The Morgan fingerprint density at radius 2 is 1.70 bits per heavy atom. The van der Waals surface area contributed by atoms with Crippen molar-refractivity contribution in [2.24, 2.45) is 0 Å². The van der Waals surface area contributed by atoms with E-state index in [4.69, 9.17) is 19.3 Å². The molecule has 10 heteroatoms. The third-order valence-corrected chi connectivity index (χ3v) is 4.34. The topological polar surface area (TPSA) is 161 Å². The molecule has 0 aromatic rings. The van der Waals surface area contributed by atoms with Crippen molar-refractivity contribution in [1.82, 2.24) is 5.32 Å². The Kier molecular flexibility index (Phi) is 6.68. The number of hydrogen-bond donors (Lipinski definition) is 7. The number of rotatable bonds is 5. The Balaban J connectivity index is 2.10. The SMILES string of the molecule is CO[C@@H]1CN[C@H](CO)[C@@H](O)[C@@H]1O[C@H]1O[C@H](CO)[C@@H](O)[C@H](O)[C@H]1O. The number of hydrogen-bond acceptors (Lipinski definition) is 10. The van der Waals surface area contributed by atoms with Crippen molar-refractivity contribution in [3.8, 4) is 0 Å². The van der Waals surface area contributed by atoms with Gasteiger partial charge in [0.25, 0.3) is 0 Å². The van der Waals surface area contributed by atoms with Gasteiger partial charge < -0.3 is 50.2 Å². The van der Waals surface area contributed by atoms with Crippen LogP contribution in [0.4, 0.5) is 0 Å². The second kappa shape index (κ2) is 8.12. The lowest BCUT2D eigenvalue weighted by atomic mass is 9.95. The highest BCUT2D eigenvalue weighted by atomic mass is 16.7. The minimum Gasteiger partial charge on any atom is -0.395 e. The molecule has 136 valence electrons. The summed E-state index contributed by atoms with van der Waals surface area (Å²) in [5.74, 6) is 0. The van der Waals surface area contributed by atoms with Gasteiger partial charge in [-0.25, -0.2) is 0 Å². The van der Waals surface area contributed by atoms with Gasteiger partial charge in [-0.3, -0.25) is 0 Å². The van der Waals surface area contributed by atoms with E-state index in [0.717, 1.165) is 0 Å². The number of aliphatic hydroxyl groups excluding tert-OH is 6. The van der Waals surface area contributed by atoms with Gasteiger partial charge in [0.2, 0.25) is 0 Å². The van der Waals surface area contributed by atoms with Crippen LogP contribution in [0.2, 0.25) is 0 Å². The van der Waals surface area contributed by atoms with Crippen LogP contribution in [0.25, 0.3) is 0 Å². The van der Waals surface area contributed by atoms with Crippen molar-refractivity contribution in [3.63, 3.8) is 0 Å². The zero-order valence-corrected chi connectivity index (χ0v) is 12.7. The van der Waals surface area contributed by atoms with E-state index in [1.807, 2.05) is 0 Å². The fraction of sp³-hybridized carbons (Fsp3) is 1.00. The van der Waals surface area contributed by atoms with Crippen molar-refractivity contribution in [2.75, 3.05) is 26.9 Å². The largest absolute Gasteiger partial charge is 0.395 e. The highest BCUT2D eigenvalue weighted by Crippen LogP contribution is 2.26. The summed E-state index contributed by atoms with van der Waals surface area (Å²) < 4.78 is 16.0. The first kappa shape index (κ1) is 18.9. The number of piperidine rings is 1. The molecule has 23 heavy (non-hydrogen) atoms. The maximum absolute atomic E-state index is 10.3. The first-order chi connectivity index (χ1) is 10.9. The van der Waals surface area contributed by atoms with Crippen LogP contribution in [0.1, 0.15) is 0 Å². The van der Waals surface area contributed by atoms with E-state index in [0.29, 0.717) is 6.54 Å². The Hall–Kier alpha value is -0.400. The molecule has 2 aliphatic rings. The molecule has 2 fully saturated rings. The lowest BCUT2D eigenvalue weighted by Crippen LogP contribution is -2.65. The quantitative estimate of drug-likeness (QED) is 0.260. The molecule has 2 heterocycles. The summed E-state index contributed by atoms with van der Waals surface area (Å²) in [7, 11) is 1.42. The monoisotopic (exact) mass is 339 g/mol. The number of nitrogens with one attached hydrogen (secondary N) is 1. The van der Waals surface area contributed by atoms with Crippen LogP contribution < -0.4 is 5.32 Å². The molecule has 0 saturated carbocycles. The van der Waals surface area contributed by atoms with Gasteiger partial charge in [-0.1, -0.05) is 0 Å². The molecule has 9 atom stereocenters. The van der Waals surface area contributed by atoms with Gasteiger partial charge in [-0.2, -0.15) is 0 Å². The molecule has 10 nitrogen and oxygen atoms in total. The summed E-state index contributed by atoms with van der Waals surface area (Å²) in [5, 5.41) is 61.1. The highest BCUT2D eigenvalue weighted by Gasteiger charge is 2.48. The summed E-state index contributed by atoms with van der Waals surface area (Å²) in [6.07, 6.45) is -9.78. The summed E-state index contributed by atoms with van der Waals surface area (Å²) in [5.41, 5.74) is 0. The van der Waals surface area contributed by atoms with Gasteiger partial charge >= 0.3 is 0 Å². The second-order valence-electron chi connectivity index (χ2n) is 5.76. The summed E-state index contributed by atoms with van der Waals surface area (Å²) in [6, 6.07) is -0.642. The normalized spacial score (nSPS) is 48.4. The molecule has 0 unspecified atom stereocenters. The van der Waals surface area contributed by atoms with Crippen LogP contribution >= 0.6 is 0 Å². The molecule has 0 amide bonds. The highest BCUT2D eigenvalue weighted by molar-refractivity contribution is 4.96. The van der Waals surface area contributed by atoms with Crippen molar-refractivity contribution in [2.45, 2.75) is 55.1 Å². The lowest BCUT2D eigenvalue weighted by Gasteiger charge is -2.45. The third kappa shape index (κ3) is 3.82. The van der Waals surface area contributed by atoms with E-state index in [1.165, 1.54) is 7.11 Å². The van der Waals surface area contributed by atoms with Crippen LogP contribution in [0.15, 0.2) is 0 Å². The fourth-order valence-corrected chi connectivity index (χ4v) is 2.85. The van der Waals surface area contributed by atoms with Crippen LogP contribution in [0.3, 0.4) is 0 Å².